The van der Waals surface area contributed by atoms with E-state index in [-0.39, 0.29) is 10.6 Å². The molecule has 0 unspecified atom stereocenters. The molecule has 0 fully saturated rings. The molecule has 8 heteroatoms. The lowest BCUT2D eigenvalue weighted by Gasteiger charge is -2.26. The molecule has 0 aromatic heterocycles. The highest BCUT2D eigenvalue weighted by Gasteiger charge is 2.29. The largest absolute Gasteiger partial charge is 0.497 e. The molecule has 0 aliphatic carbocycles. The number of para-hydroxylation sites is 3. The molecule has 0 heterocycles. The minimum atomic E-state index is -4.12. The summed E-state index contributed by atoms with van der Waals surface area (Å²) in [5.41, 5.74) is 2.59. The van der Waals surface area contributed by atoms with Crippen molar-refractivity contribution < 1.29 is 22.7 Å². The number of nitrogens with zero attached hydrogens (tertiary/aromatic N) is 1. The lowest BCUT2D eigenvalue weighted by atomic mass is 10.0. The van der Waals surface area contributed by atoms with Gasteiger partial charge in [0.05, 0.1) is 24.8 Å². The van der Waals surface area contributed by atoms with Crippen LogP contribution in [0.4, 0.5) is 11.4 Å². The monoisotopic (exact) mass is 502 g/mol. The number of carbonyl (C=O) groups is 1. The molecular formula is C28H26N2O5S. The van der Waals surface area contributed by atoms with Crippen LogP contribution in [0.15, 0.2) is 108 Å². The van der Waals surface area contributed by atoms with Gasteiger partial charge in [0.25, 0.3) is 10.0 Å². The van der Waals surface area contributed by atoms with Crippen molar-refractivity contribution in [1.82, 2.24) is 0 Å². The van der Waals surface area contributed by atoms with Crippen molar-refractivity contribution in [3.8, 4) is 22.6 Å². The molecule has 0 radical (unpaired) electrons. The number of carbonyl (C=O) groups excluding carboxylic acids is 1. The van der Waals surface area contributed by atoms with Crippen LogP contribution < -0.4 is 19.1 Å². The predicted molar refractivity (Wildman–Crippen MR) is 141 cm³/mol. The van der Waals surface area contributed by atoms with Crippen LogP contribution in [-0.4, -0.2) is 35.1 Å². The van der Waals surface area contributed by atoms with Crippen LogP contribution in [0, 0.1) is 0 Å². The molecule has 0 saturated heterocycles. The zero-order chi connectivity index (χ0) is 25.5. The first-order valence-corrected chi connectivity index (χ1v) is 12.6. The number of sulfonamides is 1. The predicted octanol–water partition coefficient (Wildman–Crippen LogP) is 5.20. The maximum absolute atomic E-state index is 13.7. The maximum atomic E-state index is 13.7. The Kier molecular flexibility index (Phi) is 7.56. The average Bonchev–Trinajstić information content (AvgIpc) is 2.92. The quantitative estimate of drug-likeness (QED) is 0.340. The highest BCUT2D eigenvalue weighted by atomic mass is 32.2. The Balaban J connectivity index is 1.69. The molecule has 0 atom stereocenters. The van der Waals surface area contributed by atoms with E-state index >= 15 is 0 Å². The zero-order valence-electron chi connectivity index (χ0n) is 19.9. The minimum absolute atomic E-state index is 0.0201. The standard InChI is InChI=1S/C28H26N2O5S/c1-34-22-16-18-23(19-17-22)36(32,33)30(26-14-8-9-15-27(26)35-2)20-28(31)29-25-13-7-6-12-24(25)21-10-4-3-5-11-21/h3-19H,20H2,1-2H3,(H,29,31). The van der Waals surface area contributed by atoms with Gasteiger partial charge in [0, 0.05) is 11.3 Å². The number of nitrogens with one attached hydrogen (secondary N) is 1. The van der Waals surface area contributed by atoms with Crippen LogP contribution in [0.1, 0.15) is 0 Å². The third-order valence-electron chi connectivity index (χ3n) is 5.57. The van der Waals surface area contributed by atoms with Gasteiger partial charge in [-0.05, 0) is 48.0 Å². The van der Waals surface area contributed by atoms with E-state index in [0.717, 1.165) is 15.4 Å². The molecule has 1 amide bonds. The van der Waals surface area contributed by atoms with E-state index in [4.69, 9.17) is 9.47 Å². The number of rotatable bonds is 9. The summed E-state index contributed by atoms with van der Waals surface area (Å²) in [5.74, 6) is 0.349. The van der Waals surface area contributed by atoms with Gasteiger partial charge >= 0.3 is 0 Å². The van der Waals surface area contributed by atoms with Gasteiger partial charge in [-0.1, -0.05) is 60.7 Å². The van der Waals surface area contributed by atoms with E-state index in [2.05, 4.69) is 5.32 Å². The Labute approximate surface area is 211 Å². The van der Waals surface area contributed by atoms with Crippen molar-refractivity contribution in [1.29, 1.82) is 0 Å². The molecule has 0 aliphatic rings. The Bertz CT molecular complexity index is 1440. The van der Waals surface area contributed by atoms with Crippen molar-refractivity contribution in [2.75, 3.05) is 30.4 Å². The Hall–Kier alpha value is -4.30. The topological polar surface area (TPSA) is 84.9 Å². The molecule has 0 aliphatic heterocycles. The van der Waals surface area contributed by atoms with Gasteiger partial charge in [-0.3, -0.25) is 9.10 Å². The SMILES string of the molecule is COc1ccc(S(=O)(=O)N(CC(=O)Nc2ccccc2-c2ccccc2)c2ccccc2OC)cc1. The van der Waals surface area contributed by atoms with Crippen molar-refractivity contribution in [3.63, 3.8) is 0 Å². The van der Waals surface area contributed by atoms with Crippen LogP contribution in [0.2, 0.25) is 0 Å². The molecule has 0 saturated carbocycles. The summed E-state index contributed by atoms with van der Waals surface area (Å²) in [6.45, 7) is -0.460. The van der Waals surface area contributed by atoms with E-state index in [1.807, 2.05) is 48.5 Å². The van der Waals surface area contributed by atoms with Gasteiger partial charge in [-0.15, -0.1) is 0 Å². The summed E-state index contributed by atoms with van der Waals surface area (Å²) < 4.78 is 39.1. The lowest BCUT2D eigenvalue weighted by Crippen LogP contribution is -2.38. The number of hydrogen-bond donors (Lipinski definition) is 1. The number of hydrogen-bond acceptors (Lipinski definition) is 5. The molecule has 7 nitrogen and oxygen atoms in total. The van der Waals surface area contributed by atoms with Crippen molar-refractivity contribution in [3.05, 3.63) is 103 Å². The first-order valence-electron chi connectivity index (χ1n) is 11.2. The average molecular weight is 503 g/mol. The third-order valence-corrected chi connectivity index (χ3v) is 7.35. The van der Waals surface area contributed by atoms with Gasteiger partial charge in [0.15, 0.2) is 0 Å². The van der Waals surface area contributed by atoms with Gasteiger partial charge in [0.1, 0.15) is 18.0 Å². The van der Waals surface area contributed by atoms with Crippen molar-refractivity contribution >= 4 is 27.3 Å². The summed E-state index contributed by atoms with van der Waals surface area (Å²) in [7, 11) is -1.17. The normalized spacial score (nSPS) is 10.9. The molecule has 36 heavy (non-hydrogen) atoms. The van der Waals surface area contributed by atoms with Crippen LogP contribution >= 0.6 is 0 Å². The Morgan fingerprint density at radius 1 is 0.778 bits per heavy atom. The van der Waals surface area contributed by atoms with Gasteiger partial charge < -0.3 is 14.8 Å². The minimum Gasteiger partial charge on any atom is -0.497 e. The molecular weight excluding hydrogens is 476 g/mol. The summed E-state index contributed by atoms with van der Waals surface area (Å²) in [4.78, 5) is 13.3. The summed E-state index contributed by atoms with van der Waals surface area (Å²) in [6.07, 6.45) is 0. The Morgan fingerprint density at radius 2 is 1.42 bits per heavy atom. The Morgan fingerprint density at radius 3 is 2.11 bits per heavy atom. The van der Waals surface area contributed by atoms with Crippen molar-refractivity contribution in [2.24, 2.45) is 0 Å². The van der Waals surface area contributed by atoms with Crippen LogP contribution in [0.3, 0.4) is 0 Å². The number of benzene rings is 4. The fourth-order valence-corrected chi connectivity index (χ4v) is 5.22. The summed E-state index contributed by atoms with van der Waals surface area (Å²) in [5, 5.41) is 2.88. The summed E-state index contributed by atoms with van der Waals surface area (Å²) in [6, 6.07) is 29.7. The fraction of sp³-hybridized carbons (Fsp3) is 0.107. The molecule has 0 bridgehead atoms. The van der Waals surface area contributed by atoms with Crippen LogP contribution in [0.5, 0.6) is 11.5 Å². The van der Waals surface area contributed by atoms with E-state index in [0.29, 0.717) is 17.2 Å². The number of anilines is 2. The first kappa shape index (κ1) is 24.8. The van der Waals surface area contributed by atoms with Gasteiger partial charge in [-0.25, -0.2) is 8.42 Å². The van der Waals surface area contributed by atoms with Crippen molar-refractivity contribution in [2.45, 2.75) is 4.90 Å². The third kappa shape index (κ3) is 5.34. The van der Waals surface area contributed by atoms with E-state index in [1.165, 1.54) is 26.4 Å². The van der Waals surface area contributed by atoms with E-state index in [1.54, 1.807) is 42.5 Å². The molecule has 4 rings (SSSR count). The summed E-state index contributed by atoms with van der Waals surface area (Å²) >= 11 is 0. The molecule has 184 valence electrons. The van der Waals surface area contributed by atoms with Gasteiger partial charge in [0.2, 0.25) is 5.91 Å². The highest BCUT2D eigenvalue weighted by Crippen LogP contribution is 2.33. The fourth-order valence-electron chi connectivity index (χ4n) is 3.79. The van der Waals surface area contributed by atoms with Crippen LogP contribution in [0.25, 0.3) is 11.1 Å². The zero-order valence-corrected chi connectivity index (χ0v) is 20.7. The maximum Gasteiger partial charge on any atom is 0.264 e. The van der Waals surface area contributed by atoms with Gasteiger partial charge in [-0.2, -0.15) is 0 Å². The first-order chi connectivity index (χ1) is 17.4. The van der Waals surface area contributed by atoms with E-state index < -0.39 is 22.5 Å². The molecule has 0 spiro atoms. The highest BCUT2D eigenvalue weighted by molar-refractivity contribution is 7.92. The lowest BCUT2D eigenvalue weighted by molar-refractivity contribution is -0.114. The second kappa shape index (κ2) is 11.0. The number of amides is 1. The van der Waals surface area contributed by atoms with E-state index in [9.17, 15) is 13.2 Å². The van der Waals surface area contributed by atoms with Crippen LogP contribution in [-0.2, 0) is 14.8 Å². The smallest absolute Gasteiger partial charge is 0.264 e. The second-order valence-corrected chi connectivity index (χ2v) is 9.68. The number of ether oxygens (including phenoxy) is 2. The number of methoxy groups -OCH3 is 2. The molecule has 4 aromatic rings. The molecule has 4 aromatic carbocycles. The molecule has 1 N–H and O–H groups in total. The second-order valence-electron chi connectivity index (χ2n) is 7.82.